The van der Waals surface area contributed by atoms with Crippen LogP contribution in [0.4, 0.5) is 0 Å². The zero-order chi connectivity index (χ0) is 16.5. The lowest BCUT2D eigenvalue weighted by molar-refractivity contribution is 0.174. The molecule has 1 unspecified atom stereocenters. The summed E-state index contributed by atoms with van der Waals surface area (Å²) in [5, 5.41) is 3.67. The lowest BCUT2D eigenvalue weighted by atomic mass is 9.86. The fourth-order valence-electron chi connectivity index (χ4n) is 3.65. The molecule has 0 fully saturated rings. The molecule has 0 saturated carbocycles. The Hall–Kier alpha value is -2.20. The number of rotatable bonds is 4. The molecular weight excluding hydrogens is 302 g/mol. The summed E-state index contributed by atoms with van der Waals surface area (Å²) in [6, 6.07) is 10.9. The Balaban J connectivity index is 1.76. The lowest BCUT2D eigenvalue weighted by Gasteiger charge is -2.29. The molecule has 2 heterocycles. The number of hydrogen-bond donors (Lipinski definition) is 1. The molecule has 1 atom stereocenters. The maximum Gasteiger partial charge on any atom is 0.231 e. The highest BCUT2D eigenvalue weighted by Gasteiger charge is 2.27. The second kappa shape index (κ2) is 6.36. The Bertz CT molecular complexity index is 757. The molecule has 2 aliphatic heterocycles. The average Bonchev–Trinajstić information content (AvgIpc) is 3.07. The first-order valence-corrected chi connectivity index (χ1v) is 8.71. The van der Waals surface area contributed by atoms with Gasteiger partial charge in [0.15, 0.2) is 11.5 Å². The van der Waals surface area contributed by atoms with E-state index in [1.807, 2.05) is 6.92 Å². The fourth-order valence-corrected chi connectivity index (χ4v) is 3.65. The Kier molecular flexibility index (Phi) is 4.07. The van der Waals surface area contributed by atoms with E-state index in [-0.39, 0.29) is 6.04 Å². The van der Waals surface area contributed by atoms with Crippen LogP contribution < -0.4 is 19.5 Å². The van der Waals surface area contributed by atoms with Crippen molar-refractivity contribution in [3.8, 4) is 17.2 Å². The Morgan fingerprint density at radius 3 is 2.71 bits per heavy atom. The molecule has 0 saturated heterocycles. The third-order valence-electron chi connectivity index (χ3n) is 4.81. The summed E-state index contributed by atoms with van der Waals surface area (Å²) in [5.41, 5.74) is 5.29. The predicted molar refractivity (Wildman–Crippen MR) is 93.1 cm³/mol. The van der Waals surface area contributed by atoms with E-state index in [2.05, 4.69) is 42.6 Å². The van der Waals surface area contributed by atoms with Crippen LogP contribution in [-0.4, -0.2) is 19.9 Å². The molecule has 4 rings (SSSR count). The van der Waals surface area contributed by atoms with Crippen LogP contribution in [0.1, 0.15) is 42.1 Å². The minimum Gasteiger partial charge on any atom is -0.494 e. The van der Waals surface area contributed by atoms with Crippen LogP contribution in [0.15, 0.2) is 30.3 Å². The van der Waals surface area contributed by atoms with Crippen molar-refractivity contribution in [3.05, 3.63) is 52.6 Å². The Morgan fingerprint density at radius 1 is 1.08 bits per heavy atom. The van der Waals surface area contributed by atoms with Crippen LogP contribution in [0.5, 0.6) is 17.2 Å². The van der Waals surface area contributed by atoms with Crippen molar-refractivity contribution in [2.75, 3.05) is 19.9 Å². The summed E-state index contributed by atoms with van der Waals surface area (Å²) in [7, 11) is 0. The van der Waals surface area contributed by atoms with E-state index >= 15 is 0 Å². The predicted octanol–water partition coefficient (Wildman–Crippen LogP) is 3.61. The molecule has 2 aromatic rings. The molecule has 0 amide bonds. The van der Waals surface area contributed by atoms with Gasteiger partial charge in [-0.3, -0.25) is 0 Å². The number of ether oxygens (including phenoxy) is 3. The third-order valence-corrected chi connectivity index (χ3v) is 4.81. The lowest BCUT2D eigenvalue weighted by Crippen LogP contribution is -2.31. The molecule has 0 aliphatic carbocycles. The van der Waals surface area contributed by atoms with Gasteiger partial charge in [0, 0.05) is 6.54 Å². The number of nitrogens with one attached hydrogen (secondary N) is 1. The van der Waals surface area contributed by atoms with Crippen molar-refractivity contribution in [3.63, 3.8) is 0 Å². The maximum atomic E-state index is 5.66. The van der Waals surface area contributed by atoms with Gasteiger partial charge in [0.25, 0.3) is 0 Å². The van der Waals surface area contributed by atoms with E-state index in [1.165, 1.54) is 22.3 Å². The second-order valence-corrected chi connectivity index (χ2v) is 6.19. The molecule has 2 aromatic carbocycles. The van der Waals surface area contributed by atoms with Crippen LogP contribution in [0.25, 0.3) is 0 Å². The molecular formula is C20H23NO3. The highest BCUT2D eigenvalue weighted by atomic mass is 16.7. The molecule has 4 nitrogen and oxygen atoms in total. The van der Waals surface area contributed by atoms with E-state index in [4.69, 9.17) is 14.2 Å². The van der Waals surface area contributed by atoms with Crippen LogP contribution in [-0.2, 0) is 12.8 Å². The molecule has 1 N–H and O–H groups in total. The van der Waals surface area contributed by atoms with Gasteiger partial charge in [-0.1, -0.05) is 13.0 Å². The fraction of sp³-hybridized carbons (Fsp3) is 0.400. The SMILES string of the molecule is CCOc1ccc(C2NCCc3cc4c(cc32)OCO4)c(CC)c1. The summed E-state index contributed by atoms with van der Waals surface area (Å²) in [6.45, 7) is 6.18. The average molecular weight is 325 g/mol. The van der Waals surface area contributed by atoms with Crippen molar-refractivity contribution in [1.82, 2.24) is 5.32 Å². The molecule has 0 radical (unpaired) electrons. The van der Waals surface area contributed by atoms with Crippen molar-refractivity contribution in [1.29, 1.82) is 0 Å². The van der Waals surface area contributed by atoms with Crippen molar-refractivity contribution < 1.29 is 14.2 Å². The van der Waals surface area contributed by atoms with Crippen LogP contribution in [0.3, 0.4) is 0 Å². The van der Waals surface area contributed by atoms with Gasteiger partial charge in [-0.2, -0.15) is 0 Å². The molecule has 24 heavy (non-hydrogen) atoms. The van der Waals surface area contributed by atoms with Gasteiger partial charge in [-0.15, -0.1) is 0 Å². The number of hydrogen-bond acceptors (Lipinski definition) is 4. The van der Waals surface area contributed by atoms with Gasteiger partial charge >= 0.3 is 0 Å². The van der Waals surface area contributed by atoms with Gasteiger partial charge in [-0.25, -0.2) is 0 Å². The van der Waals surface area contributed by atoms with Gasteiger partial charge < -0.3 is 19.5 Å². The molecule has 2 aliphatic rings. The summed E-state index contributed by atoms with van der Waals surface area (Å²) in [5.74, 6) is 2.67. The normalized spacial score (nSPS) is 18.3. The molecule has 4 heteroatoms. The molecule has 0 aromatic heterocycles. The van der Waals surface area contributed by atoms with Gasteiger partial charge in [0.1, 0.15) is 5.75 Å². The first kappa shape index (κ1) is 15.3. The second-order valence-electron chi connectivity index (χ2n) is 6.19. The summed E-state index contributed by atoms with van der Waals surface area (Å²) < 4.78 is 16.8. The van der Waals surface area contributed by atoms with Crippen LogP contribution in [0.2, 0.25) is 0 Å². The summed E-state index contributed by atoms with van der Waals surface area (Å²) in [4.78, 5) is 0. The van der Waals surface area contributed by atoms with E-state index in [9.17, 15) is 0 Å². The highest BCUT2D eigenvalue weighted by Crippen LogP contribution is 2.40. The van der Waals surface area contributed by atoms with E-state index < -0.39 is 0 Å². The molecule has 0 spiro atoms. The summed E-state index contributed by atoms with van der Waals surface area (Å²) >= 11 is 0. The first-order valence-electron chi connectivity index (χ1n) is 8.71. The number of aryl methyl sites for hydroxylation is 1. The first-order chi connectivity index (χ1) is 11.8. The number of benzene rings is 2. The maximum absolute atomic E-state index is 5.66. The standard InChI is InChI=1S/C20H23NO3/c1-3-13-9-15(22-4-2)5-6-16(13)20-17-11-19-18(23-12-24-19)10-14(17)7-8-21-20/h5-6,9-11,20-21H,3-4,7-8,12H2,1-2H3. The monoisotopic (exact) mass is 325 g/mol. The van der Waals surface area contributed by atoms with Gasteiger partial charge in [0.05, 0.1) is 12.6 Å². The highest BCUT2D eigenvalue weighted by molar-refractivity contribution is 5.53. The van der Waals surface area contributed by atoms with Crippen molar-refractivity contribution in [2.24, 2.45) is 0 Å². The quantitative estimate of drug-likeness (QED) is 0.932. The minimum absolute atomic E-state index is 0.189. The zero-order valence-electron chi connectivity index (χ0n) is 14.2. The van der Waals surface area contributed by atoms with Crippen molar-refractivity contribution >= 4 is 0 Å². The Labute approximate surface area is 142 Å². The summed E-state index contributed by atoms with van der Waals surface area (Å²) in [6.07, 6.45) is 2.00. The number of fused-ring (bicyclic) bond motifs is 2. The van der Waals surface area contributed by atoms with E-state index in [0.717, 1.165) is 36.6 Å². The minimum atomic E-state index is 0.189. The Morgan fingerprint density at radius 2 is 1.92 bits per heavy atom. The van der Waals surface area contributed by atoms with Gasteiger partial charge in [0.2, 0.25) is 6.79 Å². The zero-order valence-corrected chi connectivity index (χ0v) is 14.2. The third kappa shape index (κ3) is 2.61. The van der Waals surface area contributed by atoms with E-state index in [1.54, 1.807) is 0 Å². The smallest absolute Gasteiger partial charge is 0.231 e. The van der Waals surface area contributed by atoms with E-state index in [0.29, 0.717) is 13.4 Å². The largest absolute Gasteiger partial charge is 0.494 e. The van der Waals surface area contributed by atoms with Crippen molar-refractivity contribution in [2.45, 2.75) is 32.7 Å². The van der Waals surface area contributed by atoms with Gasteiger partial charge in [-0.05, 0) is 66.3 Å². The molecule has 126 valence electrons. The van der Waals surface area contributed by atoms with Crippen LogP contribution in [0, 0.1) is 0 Å². The topological polar surface area (TPSA) is 39.7 Å². The van der Waals surface area contributed by atoms with Crippen LogP contribution >= 0.6 is 0 Å². The molecule has 0 bridgehead atoms.